The number of halogens is 1. The van der Waals surface area contributed by atoms with Gasteiger partial charge in [0.25, 0.3) is 0 Å². The van der Waals surface area contributed by atoms with Crippen LogP contribution in [0.15, 0.2) is 62.3 Å². The van der Waals surface area contributed by atoms with Gasteiger partial charge in [-0.05, 0) is 72.6 Å². The smallest absolute Gasteiger partial charge is 0.356 e. The predicted molar refractivity (Wildman–Crippen MR) is 133 cm³/mol. The van der Waals surface area contributed by atoms with E-state index in [-0.39, 0.29) is 11.1 Å². The Hall–Kier alpha value is -3.96. The van der Waals surface area contributed by atoms with Gasteiger partial charge in [-0.1, -0.05) is 18.2 Å². The Labute approximate surface area is 203 Å². The maximum atomic E-state index is 13.3. The van der Waals surface area contributed by atoms with Crippen LogP contribution in [0.5, 0.6) is 0 Å². The van der Waals surface area contributed by atoms with Crippen molar-refractivity contribution in [3.05, 3.63) is 91.3 Å². The normalized spacial score (nSPS) is 11.7. The molecule has 0 unspecified atom stereocenters. The third-order valence-corrected chi connectivity index (χ3v) is 5.99. The molecule has 0 saturated carbocycles. The molecule has 8 heteroatoms. The first-order valence-corrected chi connectivity index (χ1v) is 11.2. The van der Waals surface area contributed by atoms with Crippen molar-refractivity contribution in [3.8, 4) is 17.4 Å². The molecule has 0 bridgehead atoms. The van der Waals surface area contributed by atoms with E-state index < -0.39 is 12.0 Å². The fraction of sp³-hybridized carbons (Fsp3) is 0.154. The van der Waals surface area contributed by atoms with Crippen LogP contribution in [0.25, 0.3) is 22.3 Å². The third-order valence-electron chi connectivity index (χ3n) is 5.55. The monoisotopic (exact) mass is 517 g/mol. The Kier molecular flexibility index (Phi) is 6.22. The summed E-state index contributed by atoms with van der Waals surface area (Å²) >= 11 is 3.20. The number of hydrogen-bond acceptors (Lipinski definition) is 6. The van der Waals surface area contributed by atoms with Crippen LogP contribution in [0.1, 0.15) is 45.7 Å². The van der Waals surface area contributed by atoms with E-state index in [1.165, 1.54) is 0 Å². The number of aromatic carboxylic acids is 1. The van der Waals surface area contributed by atoms with Gasteiger partial charge >= 0.3 is 5.97 Å². The van der Waals surface area contributed by atoms with E-state index in [0.717, 1.165) is 5.56 Å². The molecule has 2 aromatic heterocycles. The van der Waals surface area contributed by atoms with Crippen molar-refractivity contribution in [2.75, 3.05) is 5.32 Å². The van der Waals surface area contributed by atoms with E-state index >= 15 is 0 Å². The predicted octanol–water partition coefficient (Wildman–Crippen LogP) is 5.98. The molecule has 4 aromatic rings. The van der Waals surface area contributed by atoms with E-state index in [2.05, 4.69) is 32.3 Å². The summed E-state index contributed by atoms with van der Waals surface area (Å²) in [5.41, 5.74) is 3.57. The second-order valence-corrected chi connectivity index (χ2v) is 8.82. The number of carboxylic acid groups (broad SMARTS) is 1. The fourth-order valence-electron chi connectivity index (χ4n) is 3.92. The number of rotatable bonds is 5. The van der Waals surface area contributed by atoms with Crippen molar-refractivity contribution in [1.82, 2.24) is 4.98 Å². The quantitative estimate of drug-likeness (QED) is 0.313. The Bertz CT molecular complexity index is 1550. The van der Waals surface area contributed by atoms with Crippen molar-refractivity contribution in [1.29, 1.82) is 5.26 Å². The van der Waals surface area contributed by atoms with Crippen LogP contribution in [0.2, 0.25) is 0 Å². The van der Waals surface area contributed by atoms with E-state index in [1.807, 2.05) is 19.9 Å². The zero-order chi connectivity index (χ0) is 24.6. The molecule has 7 nitrogen and oxygen atoms in total. The number of pyridine rings is 1. The molecule has 1 atom stereocenters. The second-order valence-electron chi connectivity index (χ2n) is 8.01. The zero-order valence-electron chi connectivity index (χ0n) is 18.6. The van der Waals surface area contributed by atoms with Gasteiger partial charge in [0.2, 0.25) is 0 Å². The maximum Gasteiger partial charge on any atom is 0.356 e. The first-order chi connectivity index (χ1) is 16.2. The molecule has 0 fully saturated rings. The minimum absolute atomic E-state index is 0.121. The van der Waals surface area contributed by atoms with Gasteiger partial charge in [0.15, 0.2) is 11.1 Å². The van der Waals surface area contributed by atoms with Crippen LogP contribution in [0.4, 0.5) is 5.69 Å². The number of anilines is 1. The van der Waals surface area contributed by atoms with Crippen LogP contribution in [0, 0.1) is 25.2 Å². The lowest BCUT2D eigenvalue weighted by Crippen LogP contribution is -2.14. The third kappa shape index (κ3) is 4.30. The Morgan fingerprint density at radius 1 is 1.21 bits per heavy atom. The Balaban J connectivity index is 1.90. The molecule has 4 rings (SSSR count). The van der Waals surface area contributed by atoms with Crippen LogP contribution >= 0.6 is 15.9 Å². The van der Waals surface area contributed by atoms with Gasteiger partial charge in [-0.15, -0.1) is 0 Å². The number of benzene rings is 2. The van der Waals surface area contributed by atoms with Gasteiger partial charge < -0.3 is 14.8 Å². The molecular weight excluding hydrogens is 498 g/mol. The number of aryl methyl sites for hydroxylation is 1. The summed E-state index contributed by atoms with van der Waals surface area (Å²) in [6.45, 7) is 5.45. The summed E-state index contributed by atoms with van der Waals surface area (Å²) in [6.07, 6.45) is 0. The number of nitrogens with one attached hydrogen (secondary N) is 1. The van der Waals surface area contributed by atoms with Crippen molar-refractivity contribution >= 4 is 38.6 Å². The molecule has 0 radical (unpaired) electrons. The van der Waals surface area contributed by atoms with Crippen molar-refractivity contribution in [2.24, 2.45) is 0 Å². The summed E-state index contributed by atoms with van der Waals surface area (Å²) in [4.78, 5) is 29.0. The lowest BCUT2D eigenvalue weighted by molar-refractivity contribution is 0.0691. The summed E-state index contributed by atoms with van der Waals surface area (Å²) in [6, 6.07) is 15.6. The largest absolute Gasteiger partial charge is 0.476 e. The summed E-state index contributed by atoms with van der Waals surface area (Å²) in [7, 11) is 0. The highest BCUT2D eigenvalue weighted by Gasteiger charge is 2.21. The number of aromatic nitrogens is 1. The van der Waals surface area contributed by atoms with Crippen LogP contribution in [-0.2, 0) is 0 Å². The van der Waals surface area contributed by atoms with Gasteiger partial charge in [0.05, 0.1) is 28.7 Å². The molecule has 34 heavy (non-hydrogen) atoms. The van der Waals surface area contributed by atoms with Crippen LogP contribution < -0.4 is 10.7 Å². The lowest BCUT2D eigenvalue weighted by atomic mass is 9.98. The second kappa shape index (κ2) is 9.12. The molecule has 2 aromatic carbocycles. The van der Waals surface area contributed by atoms with Crippen LogP contribution in [-0.4, -0.2) is 16.1 Å². The Morgan fingerprint density at radius 3 is 2.68 bits per heavy atom. The highest BCUT2D eigenvalue weighted by atomic mass is 79.9. The van der Waals surface area contributed by atoms with Crippen molar-refractivity contribution in [2.45, 2.75) is 26.8 Å². The number of fused-ring (bicyclic) bond motifs is 1. The van der Waals surface area contributed by atoms with Gasteiger partial charge in [-0.3, -0.25) is 4.79 Å². The van der Waals surface area contributed by atoms with E-state index in [1.54, 1.807) is 49.4 Å². The molecule has 0 amide bonds. The summed E-state index contributed by atoms with van der Waals surface area (Å²) in [5.74, 6) is -0.768. The molecule has 0 aliphatic rings. The number of carbonyl (C=O) groups is 1. The number of carboxylic acids is 1. The standard InChI is InChI=1S/C26H20BrN3O4/c1-13-9-18(15(3)29-20-7-8-21(27)30-22(20)26(32)33)25-19(10-13)23(31)14(2)24(34-25)17-6-4-5-16(11-17)12-28/h4-11,15,29H,1-3H3,(H,32,33)/t15-/m1/s1. The molecule has 170 valence electrons. The molecule has 0 spiro atoms. The van der Waals surface area contributed by atoms with Gasteiger partial charge in [0, 0.05) is 16.7 Å². The van der Waals surface area contributed by atoms with E-state index in [0.29, 0.717) is 49.3 Å². The number of nitriles is 1. The minimum Gasteiger partial charge on any atom is -0.476 e. The molecular formula is C26H20BrN3O4. The molecule has 0 saturated heterocycles. The molecule has 0 aliphatic heterocycles. The van der Waals surface area contributed by atoms with E-state index in [4.69, 9.17) is 4.42 Å². The van der Waals surface area contributed by atoms with Gasteiger partial charge in [0.1, 0.15) is 15.9 Å². The maximum absolute atomic E-state index is 13.3. The Morgan fingerprint density at radius 2 is 1.97 bits per heavy atom. The minimum atomic E-state index is -1.16. The van der Waals surface area contributed by atoms with Gasteiger partial charge in [-0.2, -0.15) is 5.26 Å². The highest BCUT2D eigenvalue weighted by molar-refractivity contribution is 9.10. The highest BCUT2D eigenvalue weighted by Crippen LogP contribution is 2.33. The SMILES string of the molecule is Cc1cc([C@@H](C)Nc2ccc(Br)nc2C(=O)O)c2oc(-c3cccc(C#N)c3)c(C)c(=O)c2c1. The zero-order valence-corrected chi connectivity index (χ0v) is 20.2. The lowest BCUT2D eigenvalue weighted by Gasteiger charge is -2.19. The van der Waals surface area contributed by atoms with Crippen LogP contribution in [0.3, 0.4) is 0 Å². The first-order valence-electron chi connectivity index (χ1n) is 10.4. The molecule has 2 heterocycles. The number of hydrogen-bond donors (Lipinski definition) is 2. The van der Waals surface area contributed by atoms with Crippen molar-refractivity contribution < 1.29 is 14.3 Å². The summed E-state index contributed by atoms with van der Waals surface area (Å²) in [5, 5.41) is 22.5. The average molecular weight is 518 g/mol. The van der Waals surface area contributed by atoms with Gasteiger partial charge in [-0.25, -0.2) is 9.78 Å². The summed E-state index contributed by atoms with van der Waals surface area (Å²) < 4.78 is 6.72. The average Bonchev–Trinajstić information content (AvgIpc) is 2.82. The number of nitrogens with zero attached hydrogens (tertiary/aromatic N) is 2. The molecule has 2 N–H and O–H groups in total. The van der Waals surface area contributed by atoms with Crippen molar-refractivity contribution in [3.63, 3.8) is 0 Å². The molecule has 0 aliphatic carbocycles. The topological polar surface area (TPSA) is 116 Å². The fourth-order valence-corrected chi connectivity index (χ4v) is 4.23. The van der Waals surface area contributed by atoms with E-state index in [9.17, 15) is 20.0 Å². The first kappa shape index (κ1) is 23.2.